The molecule has 3 rings (SSSR count). The molecule has 3 heteroatoms. The molecule has 0 radical (unpaired) electrons. The molecule has 0 heterocycles. The van der Waals surface area contributed by atoms with Crippen LogP contribution in [0.1, 0.15) is 33.5 Å². The zero-order chi connectivity index (χ0) is 13.4. The molecule has 0 nitrogen and oxygen atoms in total. The van der Waals surface area contributed by atoms with Crippen LogP contribution < -0.4 is 0 Å². The van der Waals surface area contributed by atoms with E-state index in [1.165, 1.54) is 35.6 Å². The van der Waals surface area contributed by atoms with Gasteiger partial charge in [0.2, 0.25) is 0 Å². The fraction of sp³-hybridized carbons (Fsp3) is 0.250. The summed E-state index contributed by atoms with van der Waals surface area (Å²) in [5.74, 6) is -0.213. The second kappa shape index (κ2) is 5.37. The van der Waals surface area contributed by atoms with Crippen molar-refractivity contribution in [2.45, 2.75) is 24.1 Å². The van der Waals surface area contributed by atoms with Crippen LogP contribution in [0.3, 0.4) is 0 Å². The highest BCUT2D eigenvalue weighted by Crippen LogP contribution is 2.35. The second-order valence-corrected chi connectivity index (χ2v) is 6.78. The summed E-state index contributed by atoms with van der Waals surface area (Å²) in [4.78, 5) is 0.0328. The molecule has 1 aliphatic rings. The summed E-state index contributed by atoms with van der Waals surface area (Å²) in [5, 5.41) is 0. The number of hydrogen-bond acceptors (Lipinski definition) is 0. The molecule has 2 aromatic rings. The first kappa shape index (κ1) is 13.3. The van der Waals surface area contributed by atoms with Gasteiger partial charge < -0.3 is 0 Å². The van der Waals surface area contributed by atoms with Gasteiger partial charge in [0.05, 0.1) is 4.83 Å². The summed E-state index contributed by atoms with van der Waals surface area (Å²) in [6, 6.07) is 11.6. The van der Waals surface area contributed by atoms with Crippen molar-refractivity contribution in [3.8, 4) is 0 Å². The largest absolute Gasteiger partial charge is 0.207 e. The number of aryl methyl sites for hydroxylation is 2. The van der Waals surface area contributed by atoms with E-state index in [0.717, 1.165) is 16.5 Å². The van der Waals surface area contributed by atoms with E-state index in [0.29, 0.717) is 0 Å². The van der Waals surface area contributed by atoms with E-state index in [2.05, 4.69) is 50.1 Å². The molecule has 0 fully saturated rings. The van der Waals surface area contributed by atoms with Crippen molar-refractivity contribution < 1.29 is 4.39 Å². The fourth-order valence-corrected chi connectivity index (χ4v) is 3.70. The van der Waals surface area contributed by atoms with E-state index in [-0.39, 0.29) is 10.6 Å². The molecule has 0 spiro atoms. The lowest BCUT2D eigenvalue weighted by Crippen LogP contribution is -1.96. The van der Waals surface area contributed by atoms with Crippen molar-refractivity contribution in [2.75, 3.05) is 0 Å². The van der Waals surface area contributed by atoms with Crippen LogP contribution in [0, 0.1) is 5.82 Å². The van der Waals surface area contributed by atoms with Crippen LogP contribution in [0.25, 0.3) is 0 Å². The van der Waals surface area contributed by atoms with Gasteiger partial charge in [-0.15, -0.1) is 0 Å². The third kappa shape index (κ3) is 2.77. The van der Waals surface area contributed by atoms with Crippen LogP contribution >= 0.6 is 31.9 Å². The van der Waals surface area contributed by atoms with Crippen LogP contribution in [0.4, 0.5) is 4.39 Å². The summed E-state index contributed by atoms with van der Waals surface area (Å²) < 4.78 is 14.2. The van der Waals surface area contributed by atoms with Crippen LogP contribution in [0.15, 0.2) is 40.9 Å². The fourth-order valence-electron chi connectivity index (χ4n) is 2.66. The minimum absolute atomic E-state index is 0.0328. The molecule has 1 aliphatic carbocycles. The lowest BCUT2D eigenvalue weighted by Gasteiger charge is -2.13. The lowest BCUT2D eigenvalue weighted by atomic mass is 10.0. The Morgan fingerprint density at radius 2 is 1.74 bits per heavy atom. The van der Waals surface area contributed by atoms with Crippen LogP contribution in [-0.4, -0.2) is 0 Å². The quantitative estimate of drug-likeness (QED) is 0.595. The van der Waals surface area contributed by atoms with Crippen molar-refractivity contribution in [3.05, 3.63) is 68.9 Å². The van der Waals surface area contributed by atoms with Gasteiger partial charge in [-0.2, -0.15) is 0 Å². The first-order chi connectivity index (χ1) is 9.13. The van der Waals surface area contributed by atoms with Crippen molar-refractivity contribution in [2.24, 2.45) is 0 Å². The first-order valence-electron chi connectivity index (χ1n) is 6.35. The average molecular weight is 384 g/mol. The van der Waals surface area contributed by atoms with E-state index in [9.17, 15) is 4.39 Å². The van der Waals surface area contributed by atoms with Gasteiger partial charge in [-0.3, -0.25) is 0 Å². The first-order valence-corrected chi connectivity index (χ1v) is 8.06. The number of fused-ring (bicyclic) bond motifs is 1. The van der Waals surface area contributed by atoms with Crippen molar-refractivity contribution in [3.63, 3.8) is 0 Å². The third-order valence-electron chi connectivity index (χ3n) is 3.59. The van der Waals surface area contributed by atoms with E-state index >= 15 is 0 Å². The molecule has 1 atom stereocenters. The molecule has 0 bridgehead atoms. The highest BCUT2D eigenvalue weighted by atomic mass is 79.9. The van der Waals surface area contributed by atoms with Crippen molar-refractivity contribution >= 4 is 31.9 Å². The average Bonchev–Trinajstić information content (AvgIpc) is 2.83. The molecule has 1 unspecified atom stereocenters. The van der Waals surface area contributed by atoms with E-state index in [1.54, 1.807) is 6.07 Å². The number of benzene rings is 2. The number of alkyl halides is 1. The van der Waals surface area contributed by atoms with Gasteiger partial charge in [-0.05, 0) is 59.7 Å². The van der Waals surface area contributed by atoms with Gasteiger partial charge in [0.15, 0.2) is 0 Å². The lowest BCUT2D eigenvalue weighted by molar-refractivity contribution is 0.625. The minimum atomic E-state index is -0.213. The summed E-state index contributed by atoms with van der Waals surface area (Å²) in [6.07, 6.45) is 3.60. The maximum absolute atomic E-state index is 13.5. The van der Waals surface area contributed by atoms with Crippen LogP contribution in [0.2, 0.25) is 0 Å². The Morgan fingerprint density at radius 3 is 2.53 bits per heavy atom. The standard InChI is InChI=1S/C16H13Br2F/c17-14-7-13(8-15(19)9-14)16(18)12-5-4-10-2-1-3-11(10)6-12/h4-9,16H,1-3H2. The van der Waals surface area contributed by atoms with Crippen LogP contribution in [-0.2, 0) is 12.8 Å². The van der Waals surface area contributed by atoms with Gasteiger partial charge in [-0.1, -0.05) is 50.1 Å². The third-order valence-corrected chi connectivity index (χ3v) is 5.11. The molecule has 0 saturated heterocycles. The Bertz CT molecular complexity index is 602. The summed E-state index contributed by atoms with van der Waals surface area (Å²) in [7, 11) is 0. The van der Waals surface area contributed by atoms with Gasteiger partial charge in [0.25, 0.3) is 0 Å². The van der Waals surface area contributed by atoms with Gasteiger partial charge in [-0.25, -0.2) is 4.39 Å². The maximum atomic E-state index is 13.5. The highest BCUT2D eigenvalue weighted by molar-refractivity contribution is 9.10. The van der Waals surface area contributed by atoms with Gasteiger partial charge in [0.1, 0.15) is 5.82 Å². The zero-order valence-corrected chi connectivity index (χ0v) is 13.5. The maximum Gasteiger partial charge on any atom is 0.124 e. The summed E-state index contributed by atoms with van der Waals surface area (Å²) in [5.41, 5.74) is 5.03. The molecule has 98 valence electrons. The summed E-state index contributed by atoms with van der Waals surface area (Å²) >= 11 is 7.03. The van der Waals surface area contributed by atoms with Crippen molar-refractivity contribution in [1.29, 1.82) is 0 Å². The van der Waals surface area contributed by atoms with E-state index < -0.39 is 0 Å². The zero-order valence-electron chi connectivity index (χ0n) is 10.3. The Hall–Kier alpha value is -0.670. The van der Waals surface area contributed by atoms with Crippen LogP contribution in [0.5, 0.6) is 0 Å². The Labute approximate surface area is 129 Å². The predicted molar refractivity (Wildman–Crippen MR) is 83.3 cm³/mol. The molecular formula is C16H13Br2F. The van der Waals surface area contributed by atoms with Crippen molar-refractivity contribution in [1.82, 2.24) is 0 Å². The van der Waals surface area contributed by atoms with E-state index in [4.69, 9.17) is 0 Å². The topological polar surface area (TPSA) is 0 Å². The minimum Gasteiger partial charge on any atom is -0.207 e. The Kier molecular flexibility index (Phi) is 3.77. The van der Waals surface area contributed by atoms with E-state index in [1.807, 2.05) is 6.07 Å². The molecule has 0 amide bonds. The molecule has 0 aromatic heterocycles. The van der Waals surface area contributed by atoms with Gasteiger partial charge >= 0.3 is 0 Å². The number of hydrogen-bond donors (Lipinski definition) is 0. The second-order valence-electron chi connectivity index (χ2n) is 4.95. The Morgan fingerprint density at radius 1 is 0.947 bits per heavy atom. The normalized spacial score (nSPS) is 15.3. The monoisotopic (exact) mass is 382 g/mol. The smallest absolute Gasteiger partial charge is 0.124 e. The van der Waals surface area contributed by atoms with Gasteiger partial charge in [0, 0.05) is 4.47 Å². The molecule has 0 N–H and O–H groups in total. The number of halogens is 3. The SMILES string of the molecule is Fc1cc(Br)cc(C(Br)c2ccc3c(c2)CCC3)c1. The number of rotatable bonds is 2. The predicted octanol–water partition coefficient (Wildman–Crippen LogP) is 5.56. The molecular weight excluding hydrogens is 371 g/mol. The molecule has 2 aromatic carbocycles. The summed E-state index contributed by atoms with van der Waals surface area (Å²) in [6.45, 7) is 0. The molecule has 0 aliphatic heterocycles. The molecule has 0 saturated carbocycles. The highest BCUT2D eigenvalue weighted by Gasteiger charge is 2.16. The Balaban J connectivity index is 1.97. The molecule has 19 heavy (non-hydrogen) atoms.